The number of amides is 3. The Kier molecular flexibility index (Phi) is 6.15. The number of imide groups is 1. The third-order valence-corrected chi connectivity index (χ3v) is 7.42. The Morgan fingerprint density at radius 1 is 1.48 bits per heavy atom. The van der Waals surface area contributed by atoms with Gasteiger partial charge in [-0.05, 0) is 43.3 Å². The van der Waals surface area contributed by atoms with Crippen molar-refractivity contribution in [3.63, 3.8) is 0 Å². The van der Waals surface area contributed by atoms with E-state index in [0.29, 0.717) is 41.4 Å². The first kappa shape index (κ1) is 20.7. The lowest BCUT2D eigenvalue weighted by atomic mass is 9.61. The van der Waals surface area contributed by atoms with E-state index in [1.807, 2.05) is 13.0 Å². The fourth-order valence-corrected chi connectivity index (χ4v) is 6.20. The number of rotatable bonds is 5. The highest BCUT2D eigenvalue weighted by Gasteiger charge is 2.50. The molecule has 0 aromatic rings. The summed E-state index contributed by atoms with van der Waals surface area (Å²) < 4.78 is 0.365. The quantitative estimate of drug-likeness (QED) is 0.260. The lowest BCUT2D eigenvalue weighted by molar-refractivity contribution is -0.136. The van der Waals surface area contributed by atoms with Crippen LogP contribution in [0.5, 0.6) is 0 Å². The molecular formula is C22H29IN4O2. The molecule has 0 radical (unpaired) electrons. The number of carbonyl (C=O) groups excluding carboxylic acids is 2. The average molecular weight is 508 g/mol. The van der Waals surface area contributed by atoms with E-state index in [9.17, 15) is 9.59 Å². The fourth-order valence-electron chi connectivity index (χ4n) is 5.56. The van der Waals surface area contributed by atoms with E-state index in [4.69, 9.17) is 0 Å². The van der Waals surface area contributed by atoms with Crippen LogP contribution in [0, 0.1) is 23.7 Å². The summed E-state index contributed by atoms with van der Waals surface area (Å²) in [5, 5.41) is 6.23. The first-order valence-corrected chi connectivity index (χ1v) is 12.0. The van der Waals surface area contributed by atoms with Gasteiger partial charge in [0.15, 0.2) is 0 Å². The van der Waals surface area contributed by atoms with Crippen molar-refractivity contribution in [2.24, 2.45) is 23.7 Å². The molecule has 0 spiro atoms. The van der Waals surface area contributed by atoms with Crippen LogP contribution >= 0.6 is 22.6 Å². The van der Waals surface area contributed by atoms with E-state index in [1.54, 1.807) is 0 Å². The summed E-state index contributed by atoms with van der Waals surface area (Å²) in [7, 11) is 0. The van der Waals surface area contributed by atoms with Crippen LogP contribution in [-0.2, 0) is 4.79 Å². The minimum Gasteiger partial charge on any atom is -0.365 e. The Balaban J connectivity index is 1.60. The first-order chi connectivity index (χ1) is 14.1. The third-order valence-electron chi connectivity index (χ3n) is 6.74. The van der Waals surface area contributed by atoms with Crippen LogP contribution in [0.1, 0.15) is 19.8 Å². The molecule has 1 saturated carbocycles. The molecule has 0 bridgehead atoms. The van der Waals surface area contributed by atoms with Crippen molar-refractivity contribution in [1.29, 1.82) is 0 Å². The van der Waals surface area contributed by atoms with Crippen LogP contribution in [0.2, 0.25) is 0 Å². The van der Waals surface area contributed by atoms with Crippen molar-refractivity contribution in [3.8, 4) is 0 Å². The largest absolute Gasteiger partial charge is 0.365 e. The topological polar surface area (TPSA) is 64.7 Å². The van der Waals surface area contributed by atoms with Gasteiger partial charge in [0.25, 0.3) is 0 Å². The summed E-state index contributed by atoms with van der Waals surface area (Å²) >= 11 is 2.10. The predicted molar refractivity (Wildman–Crippen MR) is 122 cm³/mol. The Hall–Kier alpha value is -1.61. The number of carbonyl (C=O) groups is 2. The number of likely N-dealkylation sites (tertiary alicyclic amines) is 1. The van der Waals surface area contributed by atoms with Gasteiger partial charge in [-0.15, -0.1) is 6.58 Å². The molecule has 0 aromatic carbocycles. The highest BCUT2D eigenvalue weighted by Crippen LogP contribution is 2.51. The molecule has 0 aromatic heterocycles. The Morgan fingerprint density at radius 2 is 2.31 bits per heavy atom. The van der Waals surface area contributed by atoms with Crippen molar-refractivity contribution in [2.75, 3.05) is 24.2 Å². The van der Waals surface area contributed by atoms with Crippen LogP contribution in [0.3, 0.4) is 0 Å². The molecule has 2 unspecified atom stereocenters. The molecule has 29 heavy (non-hydrogen) atoms. The van der Waals surface area contributed by atoms with E-state index in [0.717, 1.165) is 19.4 Å². The molecule has 2 N–H and O–H groups in total. The van der Waals surface area contributed by atoms with Gasteiger partial charge >= 0.3 is 6.03 Å². The van der Waals surface area contributed by atoms with Crippen LogP contribution in [0.4, 0.5) is 4.79 Å². The summed E-state index contributed by atoms with van der Waals surface area (Å²) in [4.78, 5) is 29.5. The van der Waals surface area contributed by atoms with Crippen molar-refractivity contribution in [1.82, 2.24) is 20.4 Å². The number of alkyl halides is 1. The number of fused-ring (bicyclic) bond motifs is 2. The maximum atomic E-state index is 13.3. The SMILES string of the molecule is C=CCN1C[C@H](C(=O)N(CI)C(=O)NCC)C[C@@H]2C3C=CC=C4NC=C(C[C@H]21)C43. The standard InChI is InChI=1S/C22H29IN4O2/c1-3-8-26-12-15(21(28)27(13-23)22(29)24-4-2)9-17-16-6-5-7-18-20(16)14(11-25-18)10-19(17)26/h3,5-7,11,15-17,19-20,25H,1,4,8-10,12-13H2,2H3,(H,24,29)/t15-,16?,17-,19-,20?/m1/s1. The Morgan fingerprint density at radius 3 is 3.03 bits per heavy atom. The van der Waals surface area contributed by atoms with Gasteiger partial charge in [-0.25, -0.2) is 4.79 Å². The number of hydrogen-bond donors (Lipinski definition) is 2. The van der Waals surface area contributed by atoms with Crippen molar-refractivity contribution in [3.05, 3.63) is 48.4 Å². The Labute approximate surface area is 186 Å². The van der Waals surface area contributed by atoms with Gasteiger partial charge in [-0.3, -0.25) is 14.6 Å². The molecule has 156 valence electrons. The normalized spacial score (nSPS) is 32.3. The van der Waals surface area contributed by atoms with Gasteiger partial charge in [0.1, 0.15) is 0 Å². The van der Waals surface area contributed by atoms with Crippen LogP contribution in [0.15, 0.2) is 48.4 Å². The van der Waals surface area contributed by atoms with E-state index < -0.39 is 0 Å². The molecule has 1 saturated heterocycles. The zero-order valence-corrected chi connectivity index (χ0v) is 19.0. The number of piperidine rings is 1. The molecule has 4 rings (SSSR count). The van der Waals surface area contributed by atoms with Gasteiger partial charge in [0, 0.05) is 43.5 Å². The molecular weight excluding hydrogens is 479 g/mol. The van der Waals surface area contributed by atoms with Gasteiger partial charge in [0.2, 0.25) is 5.91 Å². The second-order valence-corrected chi connectivity index (χ2v) is 8.94. The molecule has 2 fully saturated rings. The zero-order valence-electron chi connectivity index (χ0n) is 16.8. The van der Waals surface area contributed by atoms with Crippen molar-refractivity contribution >= 4 is 34.5 Å². The van der Waals surface area contributed by atoms with Crippen molar-refractivity contribution in [2.45, 2.75) is 25.8 Å². The molecule has 4 aliphatic rings. The van der Waals surface area contributed by atoms with Gasteiger partial charge in [0.05, 0.1) is 10.5 Å². The number of nitrogens with zero attached hydrogens (tertiary/aromatic N) is 2. The summed E-state index contributed by atoms with van der Waals surface area (Å²) in [6.45, 7) is 7.78. The van der Waals surface area contributed by atoms with E-state index in [1.165, 1.54) is 16.2 Å². The fraction of sp³-hybridized carbons (Fsp3) is 0.545. The summed E-state index contributed by atoms with van der Waals surface area (Å²) in [6.07, 6.45) is 12.6. The third kappa shape index (κ3) is 3.67. The second kappa shape index (κ2) is 8.63. The van der Waals surface area contributed by atoms with Crippen molar-refractivity contribution < 1.29 is 9.59 Å². The predicted octanol–water partition coefficient (Wildman–Crippen LogP) is 3.01. The summed E-state index contributed by atoms with van der Waals surface area (Å²) in [5.41, 5.74) is 2.76. The second-order valence-electron chi connectivity index (χ2n) is 8.26. The van der Waals surface area contributed by atoms with Crippen LogP contribution < -0.4 is 10.6 Å². The molecule has 2 aliphatic heterocycles. The monoisotopic (exact) mass is 508 g/mol. The molecule has 2 heterocycles. The smallest absolute Gasteiger partial charge is 0.324 e. The zero-order chi connectivity index (χ0) is 20.5. The summed E-state index contributed by atoms with van der Waals surface area (Å²) in [6, 6.07) is 0.118. The van der Waals surface area contributed by atoms with Crippen LogP contribution in [-0.4, -0.2) is 52.0 Å². The lowest BCUT2D eigenvalue weighted by Crippen LogP contribution is -2.58. The minimum absolute atomic E-state index is 0.0562. The molecule has 3 amide bonds. The van der Waals surface area contributed by atoms with Gasteiger partial charge in [-0.2, -0.15) is 0 Å². The maximum Gasteiger partial charge on any atom is 0.324 e. The molecule has 7 heteroatoms. The average Bonchev–Trinajstić information content (AvgIpc) is 3.13. The lowest BCUT2D eigenvalue weighted by Gasteiger charge is -2.52. The van der Waals surface area contributed by atoms with Gasteiger partial charge < -0.3 is 10.6 Å². The van der Waals surface area contributed by atoms with E-state index in [2.05, 4.69) is 69.1 Å². The highest BCUT2D eigenvalue weighted by molar-refractivity contribution is 14.1. The number of hydrogen-bond acceptors (Lipinski definition) is 4. The van der Waals surface area contributed by atoms with E-state index >= 15 is 0 Å². The number of allylic oxidation sites excluding steroid dienone is 4. The highest BCUT2D eigenvalue weighted by atomic mass is 127. The first-order valence-electron chi connectivity index (χ1n) is 10.4. The minimum atomic E-state index is -0.291. The number of urea groups is 1. The maximum absolute atomic E-state index is 13.3. The Bertz CT molecular complexity index is 790. The summed E-state index contributed by atoms with van der Waals surface area (Å²) in [5.74, 6) is 0.987. The van der Waals surface area contributed by atoms with Crippen LogP contribution in [0.25, 0.3) is 0 Å². The molecule has 2 aliphatic carbocycles. The molecule has 6 nitrogen and oxygen atoms in total. The van der Waals surface area contributed by atoms with E-state index in [-0.39, 0.29) is 17.9 Å². The number of nitrogens with one attached hydrogen (secondary N) is 2. The number of halogens is 1. The molecule has 5 atom stereocenters. The van der Waals surface area contributed by atoms with Gasteiger partial charge in [-0.1, -0.05) is 40.8 Å².